The van der Waals surface area contributed by atoms with Crippen LogP contribution in [0, 0.1) is 0 Å². The van der Waals surface area contributed by atoms with Crippen LogP contribution in [0.4, 0.5) is 19.0 Å². The second kappa shape index (κ2) is 4.09. The zero-order chi connectivity index (χ0) is 11.6. The van der Waals surface area contributed by atoms with E-state index in [-0.39, 0.29) is 12.4 Å². The van der Waals surface area contributed by atoms with Crippen molar-refractivity contribution in [3.8, 4) is 0 Å². The molecule has 0 saturated heterocycles. The van der Waals surface area contributed by atoms with Crippen LogP contribution in [0.3, 0.4) is 0 Å². The van der Waals surface area contributed by atoms with Crippen LogP contribution in [0.1, 0.15) is 5.69 Å². The summed E-state index contributed by atoms with van der Waals surface area (Å²) in [7, 11) is 3.56. The van der Waals surface area contributed by atoms with Crippen molar-refractivity contribution in [2.24, 2.45) is 0 Å². The van der Waals surface area contributed by atoms with Crippen LogP contribution in [0.25, 0.3) is 0 Å². The van der Waals surface area contributed by atoms with Gasteiger partial charge in [-0.05, 0) is 14.1 Å². The van der Waals surface area contributed by atoms with Gasteiger partial charge in [-0.1, -0.05) is 0 Å². The van der Waals surface area contributed by atoms with E-state index in [9.17, 15) is 13.2 Å². The molecule has 0 unspecified atom stereocenters. The zero-order valence-electron chi connectivity index (χ0n) is 8.54. The van der Waals surface area contributed by atoms with Crippen LogP contribution in [0.15, 0.2) is 6.07 Å². The lowest BCUT2D eigenvalue weighted by atomic mass is 10.4. The third-order valence-electron chi connectivity index (χ3n) is 1.85. The Balaban J connectivity index is 2.87. The van der Waals surface area contributed by atoms with Gasteiger partial charge in [-0.15, -0.1) is 0 Å². The first-order valence-corrected chi connectivity index (χ1v) is 4.36. The minimum atomic E-state index is -4.41. The van der Waals surface area contributed by atoms with Crippen molar-refractivity contribution in [3.63, 3.8) is 0 Å². The summed E-state index contributed by atoms with van der Waals surface area (Å²) in [5.41, 5.74) is 4.43. The average Bonchev–Trinajstić information content (AvgIpc) is 2.42. The fraction of sp³-hybridized carbons (Fsp3) is 0.625. The number of likely N-dealkylation sites (N-methyl/N-ethyl adjacent to an activating group) is 1. The van der Waals surface area contributed by atoms with Crippen molar-refractivity contribution in [2.45, 2.75) is 12.7 Å². The molecule has 1 heterocycles. The summed E-state index contributed by atoms with van der Waals surface area (Å²) in [6.07, 6.45) is -4.41. The highest BCUT2D eigenvalue weighted by Crippen LogP contribution is 2.30. The molecule has 1 aromatic rings. The number of nitrogen functional groups attached to an aromatic ring is 1. The number of rotatable bonds is 3. The maximum absolute atomic E-state index is 12.5. The van der Waals surface area contributed by atoms with Gasteiger partial charge in [-0.3, -0.25) is 4.68 Å². The molecule has 0 fully saturated rings. The molecule has 0 amide bonds. The highest BCUT2D eigenvalue weighted by molar-refractivity contribution is 5.30. The Morgan fingerprint density at radius 1 is 1.47 bits per heavy atom. The Bertz CT molecular complexity index is 329. The topological polar surface area (TPSA) is 47.1 Å². The van der Waals surface area contributed by atoms with Crippen LogP contribution in [0.2, 0.25) is 0 Å². The Labute approximate surface area is 85.5 Å². The van der Waals surface area contributed by atoms with E-state index >= 15 is 0 Å². The number of hydrogen-bond donors (Lipinski definition) is 1. The van der Waals surface area contributed by atoms with Crippen LogP contribution in [-0.2, 0) is 12.7 Å². The molecule has 0 aliphatic carbocycles. The van der Waals surface area contributed by atoms with Gasteiger partial charge in [-0.2, -0.15) is 18.3 Å². The van der Waals surface area contributed by atoms with E-state index in [1.54, 1.807) is 19.0 Å². The van der Waals surface area contributed by atoms with Crippen molar-refractivity contribution < 1.29 is 13.2 Å². The fourth-order valence-corrected chi connectivity index (χ4v) is 1.13. The van der Waals surface area contributed by atoms with Gasteiger partial charge in [0.25, 0.3) is 0 Å². The van der Waals surface area contributed by atoms with Gasteiger partial charge in [-0.25, -0.2) is 0 Å². The van der Waals surface area contributed by atoms with E-state index in [1.165, 1.54) is 0 Å². The van der Waals surface area contributed by atoms with Gasteiger partial charge in [0.1, 0.15) is 11.5 Å². The molecule has 7 heteroatoms. The largest absolute Gasteiger partial charge is 0.433 e. The number of anilines is 1. The Kier molecular flexibility index (Phi) is 3.23. The molecule has 0 saturated carbocycles. The first kappa shape index (κ1) is 11.8. The first-order chi connectivity index (χ1) is 6.80. The van der Waals surface area contributed by atoms with Crippen LogP contribution in [-0.4, -0.2) is 35.3 Å². The predicted octanol–water partition coefficient (Wildman–Crippen LogP) is 1.05. The molecular formula is C8H13F3N4. The zero-order valence-corrected chi connectivity index (χ0v) is 8.54. The summed E-state index contributed by atoms with van der Waals surface area (Å²) in [6, 6.07) is 0.843. The molecule has 1 aromatic heterocycles. The van der Waals surface area contributed by atoms with Gasteiger partial charge in [0.15, 0.2) is 0 Å². The van der Waals surface area contributed by atoms with E-state index in [0.717, 1.165) is 10.7 Å². The van der Waals surface area contributed by atoms with E-state index in [1.807, 2.05) is 0 Å². The molecule has 86 valence electrons. The quantitative estimate of drug-likeness (QED) is 0.831. The van der Waals surface area contributed by atoms with Gasteiger partial charge in [0.2, 0.25) is 0 Å². The SMILES string of the molecule is CN(C)CCn1nc(N)cc1C(F)(F)F. The number of aromatic nitrogens is 2. The average molecular weight is 222 g/mol. The third kappa shape index (κ3) is 3.12. The lowest BCUT2D eigenvalue weighted by molar-refractivity contribution is -0.144. The van der Waals surface area contributed by atoms with Crippen molar-refractivity contribution >= 4 is 5.82 Å². The summed E-state index contributed by atoms with van der Waals surface area (Å²) in [6.45, 7) is 0.642. The maximum atomic E-state index is 12.5. The Morgan fingerprint density at radius 3 is 2.53 bits per heavy atom. The number of nitrogens with two attached hydrogens (primary N) is 1. The van der Waals surface area contributed by atoms with Gasteiger partial charge < -0.3 is 10.6 Å². The van der Waals surface area contributed by atoms with Crippen molar-refractivity contribution in [1.82, 2.24) is 14.7 Å². The number of nitrogens with zero attached hydrogens (tertiary/aromatic N) is 3. The summed E-state index contributed by atoms with van der Waals surface area (Å²) in [5.74, 6) is -0.110. The normalized spacial score (nSPS) is 12.4. The molecule has 0 radical (unpaired) electrons. The van der Waals surface area contributed by atoms with Crippen molar-refractivity contribution in [1.29, 1.82) is 0 Å². The van der Waals surface area contributed by atoms with Crippen LogP contribution in [0.5, 0.6) is 0 Å². The summed E-state index contributed by atoms with van der Waals surface area (Å²) in [5, 5.41) is 3.60. The summed E-state index contributed by atoms with van der Waals surface area (Å²) >= 11 is 0. The molecule has 0 atom stereocenters. The van der Waals surface area contributed by atoms with Crippen LogP contribution < -0.4 is 5.73 Å². The standard InChI is InChI=1S/C8H13F3N4/c1-14(2)3-4-15-6(8(9,10)11)5-7(12)13-15/h5H,3-4H2,1-2H3,(H2,12,13). The number of hydrogen-bond acceptors (Lipinski definition) is 3. The van der Waals surface area contributed by atoms with E-state index in [0.29, 0.717) is 6.54 Å². The predicted molar refractivity (Wildman–Crippen MR) is 50.2 cm³/mol. The van der Waals surface area contributed by atoms with Gasteiger partial charge in [0.05, 0.1) is 6.54 Å². The minimum absolute atomic E-state index is 0.110. The second-order valence-corrected chi connectivity index (χ2v) is 3.48. The molecule has 0 bridgehead atoms. The highest BCUT2D eigenvalue weighted by atomic mass is 19.4. The number of alkyl halides is 3. The Hall–Kier alpha value is -1.24. The lowest BCUT2D eigenvalue weighted by Gasteiger charge is -2.13. The molecule has 0 aromatic carbocycles. The van der Waals surface area contributed by atoms with E-state index < -0.39 is 11.9 Å². The maximum Gasteiger partial charge on any atom is 0.433 e. The first-order valence-electron chi connectivity index (χ1n) is 4.36. The molecule has 0 spiro atoms. The molecule has 4 nitrogen and oxygen atoms in total. The fourth-order valence-electron chi connectivity index (χ4n) is 1.13. The highest BCUT2D eigenvalue weighted by Gasteiger charge is 2.35. The van der Waals surface area contributed by atoms with E-state index in [4.69, 9.17) is 5.73 Å². The summed E-state index contributed by atoms with van der Waals surface area (Å²) in [4.78, 5) is 1.78. The van der Waals surface area contributed by atoms with Gasteiger partial charge in [0, 0.05) is 12.6 Å². The van der Waals surface area contributed by atoms with Crippen molar-refractivity contribution in [3.05, 3.63) is 11.8 Å². The molecule has 0 aliphatic heterocycles. The monoisotopic (exact) mass is 222 g/mol. The van der Waals surface area contributed by atoms with Crippen molar-refractivity contribution in [2.75, 3.05) is 26.4 Å². The second-order valence-electron chi connectivity index (χ2n) is 3.48. The Morgan fingerprint density at radius 2 is 2.07 bits per heavy atom. The minimum Gasteiger partial charge on any atom is -0.382 e. The molecular weight excluding hydrogens is 209 g/mol. The molecule has 0 aliphatic rings. The smallest absolute Gasteiger partial charge is 0.382 e. The third-order valence-corrected chi connectivity index (χ3v) is 1.85. The van der Waals surface area contributed by atoms with E-state index in [2.05, 4.69) is 5.10 Å². The molecule has 15 heavy (non-hydrogen) atoms. The van der Waals surface area contributed by atoms with Gasteiger partial charge >= 0.3 is 6.18 Å². The van der Waals surface area contributed by atoms with Crippen LogP contribution >= 0.6 is 0 Å². The number of halogens is 3. The molecule has 2 N–H and O–H groups in total. The summed E-state index contributed by atoms with van der Waals surface area (Å²) < 4.78 is 38.3. The lowest BCUT2D eigenvalue weighted by Crippen LogP contribution is -2.22. The molecule has 1 rings (SSSR count).